The van der Waals surface area contributed by atoms with Gasteiger partial charge < -0.3 is 16.0 Å². The van der Waals surface area contributed by atoms with Crippen LogP contribution in [0.5, 0.6) is 0 Å². The summed E-state index contributed by atoms with van der Waals surface area (Å²) in [5, 5.41) is 3.89. The molecule has 1 amide bonds. The number of anilines is 1. The van der Waals surface area contributed by atoms with Crippen LogP contribution in [-0.2, 0) is 0 Å². The number of nitrogen functional groups attached to an aromatic ring is 1. The lowest BCUT2D eigenvalue weighted by Crippen LogP contribution is -2.28. The molecule has 4 N–H and O–H groups in total. The molecule has 1 heterocycles. The van der Waals surface area contributed by atoms with Crippen LogP contribution < -0.4 is 11.1 Å². The summed E-state index contributed by atoms with van der Waals surface area (Å²) in [5.74, 6) is 0.430. The van der Waals surface area contributed by atoms with E-state index >= 15 is 0 Å². The molecule has 1 unspecified atom stereocenters. The molecule has 4 nitrogen and oxygen atoms in total. The summed E-state index contributed by atoms with van der Waals surface area (Å²) in [6.45, 7) is 4.93. The third-order valence-electron chi connectivity index (χ3n) is 3.20. The van der Waals surface area contributed by atoms with Gasteiger partial charge in [-0.3, -0.25) is 4.79 Å². The van der Waals surface area contributed by atoms with E-state index in [1.165, 1.54) is 0 Å². The van der Waals surface area contributed by atoms with E-state index in [4.69, 9.17) is 5.73 Å². The summed E-state index contributed by atoms with van der Waals surface area (Å²) >= 11 is 0. The van der Waals surface area contributed by atoms with Gasteiger partial charge in [0.05, 0.1) is 0 Å². The number of nitrogens with two attached hydrogens (primary N) is 1. The normalized spacial score (nSPS) is 12.6. The van der Waals surface area contributed by atoms with Gasteiger partial charge in [-0.05, 0) is 30.2 Å². The summed E-state index contributed by atoms with van der Waals surface area (Å²) in [7, 11) is 0. The minimum atomic E-state index is -0.0647. The van der Waals surface area contributed by atoms with E-state index in [1.807, 2.05) is 24.3 Å². The average Bonchev–Trinajstić information content (AvgIpc) is 2.78. The van der Waals surface area contributed by atoms with Gasteiger partial charge in [-0.1, -0.05) is 20.3 Å². The third kappa shape index (κ3) is 2.64. The summed E-state index contributed by atoms with van der Waals surface area (Å²) < 4.78 is 0. The van der Waals surface area contributed by atoms with Gasteiger partial charge in [0.15, 0.2) is 0 Å². The molecule has 0 radical (unpaired) electrons. The molecule has 0 saturated heterocycles. The number of aromatic amines is 1. The van der Waals surface area contributed by atoms with Gasteiger partial charge in [-0.2, -0.15) is 0 Å². The van der Waals surface area contributed by atoms with Crippen molar-refractivity contribution in [1.82, 2.24) is 10.3 Å². The highest BCUT2D eigenvalue weighted by Crippen LogP contribution is 2.18. The molecule has 18 heavy (non-hydrogen) atoms. The lowest BCUT2D eigenvalue weighted by molar-refractivity contribution is 0.0943. The van der Waals surface area contributed by atoms with Crippen molar-refractivity contribution < 1.29 is 4.79 Å². The van der Waals surface area contributed by atoms with E-state index in [9.17, 15) is 4.79 Å². The second-order valence-electron chi connectivity index (χ2n) is 4.75. The molecule has 0 bridgehead atoms. The first kappa shape index (κ1) is 12.5. The number of H-pyrrole nitrogens is 1. The van der Waals surface area contributed by atoms with Crippen LogP contribution in [0.1, 0.15) is 30.8 Å². The van der Waals surface area contributed by atoms with E-state index in [2.05, 4.69) is 24.1 Å². The first-order chi connectivity index (χ1) is 8.60. The standard InChI is InChI=1S/C14H19N3O/c1-3-9(2)8-16-14(18)13-7-10-6-11(15)4-5-12(10)17-13/h4-7,9,17H,3,8,15H2,1-2H3,(H,16,18). The predicted octanol–water partition coefficient (Wildman–Crippen LogP) is 2.53. The Bertz CT molecular complexity index is 559. The molecule has 0 aliphatic rings. The van der Waals surface area contributed by atoms with Crippen molar-refractivity contribution in [3.63, 3.8) is 0 Å². The van der Waals surface area contributed by atoms with Gasteiger partial charge in [0.2, 0.25) is 0 Å². The van der Waals surface area contributed by atoms with Crippen LogP contribution in [0.25, 0.3) is 10.9 Å². The molecule has 1 atom stereocenters. The second-order valence-corrected chi connectivity index (χ2v) is 4.75. The molecular weight excluding hydrogens is 226 g/mol. The van der Waals surface area contributed by atoms with Crippen LogP contribution in [0.2, 0.25) is 0 Å². The summed E-state index contributed by atoms with van der Waals surface area (Å²) in [5.41, 5.74) is 7.92. The van der Waals surface area contributed by atoms with Crippen LogP contribution in [0.4, 0.5) is 5.69 Å². The number of carbonyl (C=O) groups excluding carboxylic acids is 1. The highest BCUT2D eigenvalue weighted by atomic mass is 16.1. The fraction of sp³-hybridized carbons (Fsp3) is 0.357. The van der Waals surface area contributed by atoms with Crippen LogP contribution in [0.3, 0.4) is 0 Å². The van der Waals surface area contributed by atoms with Crippen LogP contribution in [0.15, 0.2) is 24.3 Å². The molecule has 0 fully saturated rings. The molecule has 2 rings (SSSR count). The Hall–Kier alpha value is -1.97. The number of amides is 1. The summed E-state index contributed by atoms with van der Waals surface area (Å²) in [4.78, 5) is 15.0. The van der Waals surface area contributed by atoms with Gasteiger partial charge in [0, 0.05) is 23.1 Å². The maximum Gasteiger partial charge on any atom is 0.267 e. The van der Waals surface area contributed by atoms with E-state index in [1.54, 1.807) is 0 Å². The van der Waals surface area contributed by atoms with Gasteiger partial charge in [0.1, 0.15) is 5.69 Å². The maximum absolute atomic E-state index is 11.9. The number of hydrogen-bond donors (Lipinski definition) is 3. The molecule has 1 aromatic heterocycles. The highest BCUT2D eigenvalue weighted by molar-refractivity contribution is 5.98. The molecule has 96 valence electrons. The van der Waals surface area contributed by atoms with Crippen molar-refractivity contribution in [1.29, 1.82) is 0 Å². The van der Waals surface area contributed by atoms with E-state index in [-0.39, 0.29) is 5.91 Å². The molecule has 0 spiro atoms. The first-order valence-corrected chi connectivity index (χ1v) is 6.26. The smallest absolute Gasteiger partial charge is 0.267 e. The van der Waals surface area contributed by atoms with Crippen molar-refractivity contribution in [3.05, 3.63) is 30.0 Å². The largest absolute Gasteiger partial charge is 0.399 e. The molecule has 4 heteroatoms. The first-order valence-electron chi connectivity index (χ1n) is 6.26. The molecule has 0 aliphatic carbocycles. The number of nitrogens with one attached hydrogen (secondary N) is 2. The zero-order chi connectivity index (χ0) is 13.1. The van der Waals surface area contributed by atoms with Crippen LogP contribution in [0, 0.1) is 5.92 Å². The highest BCUT2D eigenvalue weighted by Gasteiger charge is 2.10. The Morgan fingerprint density at radius 1 is 1.44 bits per heavy atom. The molecule has 0 aliphatic heterocycles. The quantitative estimate of drug-likeness (QED) is 0.724. The minimum Gasteiger partial charge on any atom is -0.399 e. The van der Waals surface area contributed by atoms with Crippen LogP contribution >= 0.6 is 0 Å². The number of carbonyl (C=O) groups is 1. The number of benzene rings is 1. The van der Waals surface area contributed by atoms with Gasteiger partial charge in [-0.25, -0.2) is 0 Å². The Morgan fingerprint density at radius 2 is 2.22 bits per heavy atom. The predicted molar refractivity (Wildman–Crippen MR) is 74.5 cm³/mol. The summed E-state index contributed by atoms with van der Waals surface area (Å²) in [6.07, 6.45) is 1.06. The van der Waals surface area contributed by atoms with Crippen molar-refractivity contribution in [3.8, 4) is 0 Å². The van der Waals surface area contributed by atoms with Crippen molar-refractivity contribution in [2.75, 3.05) is 12.3 Å². The van der Waals surface area contributed by atoms with Gasteiger partial charge in [0.25, 0.3) is 5.91 Å². The zero-order valence-electron chi connectivity index (χ0n) is 10.8. The zero-order valence-corrected chi connectivity index (χ0v) is 10.8. The molecule has 1 aromatic carbocycles. The monoisotopic (exact) mass is 245 g/mol. The Balaban J connectivity index is 2.13. The van der Waals surface area contributed by atoms with E-state index in [0.717, 1.165) is 17.3 Å². The second kappa shape index (κ2) is 5.12. The lowest BCUT2D eigenvalue weighted by Gasteiger charge is -2.08. The van der Waals surface area contributed by atoms with E-state index in [0.29, 0.717) is 23.8 Å². The average molecular weight is 245 g/mol. The minimum absolute atomic E-state index is 0.0647. The Kier molecular flexibility index (Phi) is 3.55. The topological polar surface area (TPSA) is 70.9 Å². The third-order valence-corrected chi connectivity index (χ3v) is 3.20. The van der Waals surface area contributed by atoms with Crippen molar-refractivity contribution in [2.45, 2.75) is 20.3 Å². The van der Waals surface area contributed by atoms with Gasteiger partial charge in [-0.15, -0.1) is 0 Å². The molecular formula is C14H19N3O. The lowest BCUT2D eigenvalue weighted by atomic mass is 10.1. The fourth-order valence-electron chi connectivity index (χ4n) is 1.78. The number of rotatable bonds is 4. The number of aromatic nitrogens is 1. The Labute approximate surface area is 107 Å². The molecule has 2 aromatic rings. The number of fused-ring (bicyclic) bond motifs is 1. The van der Waals surface area contributed by atoms with E-state index < -0.39 is 0 Å². The maximum atomic E-state index is 11.9. The SMILES string of the molecule is CCC(C)CNC(=O)c1cc2cc(N)ccc2[nH]1. The number of hydrogen-bond acceptors (Lipinski definition) is 2. The fourth-order valence-corrected chi connectivity index (χ4v) is 1.78. The Morgan fingerprint density at radius 3 is 2.94 bits per heavy atom. The van der Waals surface area contributed by atoms with Gasteiger partial charge >= 0.3 is 0 Å². The van der Waals surface area contributed by atoms with Crippen molar-refractivity contribution in [2.24, 2.45) is 5.92 Å². The molecule has 0 saturated carbocycles. The van der Waals surface area contributed by atoms with Crippen molar-refractivity contribution >= 4 is 22.5 Å². The summed E-state index contributed by atoms with van der Waals surface area (Å²) in [6, 6.07) is 7.39. The van der Waals surface area contributed by atoms with Crippen LogP contribution in [-0.4, -0.2) is 17.4 Å².